The Kier molecular flexibility index (Phi) is 6.63. The molecule has 1 aliphatic heterocycles. The second-order valence-electron chi connectivity index (χ2n) is 10.5. The molecule has 1 aliphatic carbocycles. The van der Waals surface area contributed by atoms with Gasteiger partial charge in [0, 0.05) is 17.1 Å². The number of nitrogens with zero attached hydrogens (tertiary/aromatic N) is 3. The summed E-state index contributed by atoms with van der Waals surface area (Å²) in [6.07, 6.45) is 1.66. The summed E-state index contributed by atoms with van der Waals surface area (Å²) in [4.78, 5) is 42.9. The Balaban J connectivity index is 2.02. The molecule has 2 aromatic carbocycles. The molecular weight excluding hydrogens is 482 g/mol. The van der Waals surface area contributed by atoms with Crippen LogP contribution in [0.4, 0.5) is 10.5 Å². The first-order chi connectivity index (χ1) is 18.0. The van der Waals surface area contributed by atoms with Crippen molar-refractivity contribution in [3.63, 3.8) is 0 Å². The molecule has 2 amide bonds. The normalized spacial score (nSPS) is 21.3. The van der Waals surface area contributed by atoms with E-state index in [-0.39, 0.29) is 22.4 Å². The van der Waals surface area contributed by atoms with E-state index >= 15 is 0 Å². The maximum absolute atomic E-state index is 14.6. The zero-order valence-electron chi connectivity index (χ0n) is 22.1. The van der Waals surface area contributed by atoms with Crippen LogP contribution in [0.15, 0.2) is 60.2 Å². The van der Waals surface area contributed by atoms with Crippen LogP contribution in [-0.2, 0) is 14.9 Å². The summed E-state index contributed by atoms with van der Waals surface area (Å²) in [5.74, 6) is -1.53. The van der Waals surface area contributed by atoms with Crippen molar-refractivity contribution in [2.24, 2.45) is 11.3 Å². The smallest absolute Gasteiger partial charge is 0.421 e. The molecule has 1 heterocycles. The molecule has 0 saturated carbocycles. The number of para-hydroxylation sites is 1. The number of benzene rings is 2. The van der Waals surface area contributed by atoms with Gasteiger partial charge in [-0.25, -0.2) is 9.69 Å². The minimum absolute atomic E-state index is 0.00715. The molecule has 8 heteroatoms. The maximum atomic E-state index is 14.6. The van der Waals surface area contributed by atoms with E-state index in [2.05, 4.69) is 12.1 Å². The first-order valence-electron chi connectivity index (χ1n) is 12.4. The minimum Gasteiger partial charge on any atom is -0.497 e. The lowest BCUT2D eigenvalue weighted by atomic mass is 9.57. The summed E-state index contributed by atoms with van der Waals surface area (Å²) in [6, 6.07) is 17.1. The SMILES string of the molecule is CCC[C@H]1C=C(C(=O)c2ccc(OC)cc2)[C@]2(C(=O)N(C(=O)OC(C)(C)C)c3ccccc32)C1(C#N)C#N. The van der Waals surface area contributed by atoms with Gasteiger partial charge in [-0.1, -0.05) is 37.6 Å². The summed E-state index contributed by atoms with van der Waals surface area (Å²) >= 11 is 0. The highest BCUT2D eigenvalue weighted by Crippen LogP contribution is 2.64. The molecule has 0 saturated heterocycles. The molecule has 0 N–H and O–H groups in total. The van der Waals surface area contributed by atoms with E-state index in [0.717, 1.165) is 4.90 Å². The van der Waals surface area contributed by atoms with Gasteiger partial charge in [0.2, 0.25) is 0 Å². The van der Waals surface area contributed by atoms with Gasteiger partial charge in [-0.15, -0.1) is 0 Å². The average Bonchev–Trinajstić information content (AvgIpc) is 3.33. The number of anilines is 1. The van der Waals surface area contributed by atoms with Gasteiger partial charge in [-0.05, 0) is 63.1 Å². The first kappa shape index (κ1) is 26.6. The second-order valence-corrected chi connectivity index (χ2v) is 10.5. The van der Waals surface area contributed by atoms with Crippen molar-refractivity contribution in [2.75, 3.05) is 12.0 Å². The molecule has 2 aliphatic rings. The lowest BCUT2D eigenvalue weighted by Gasteiger charge is -2.37. The van der Waals surface area contributed by atoms with Crippen molar-refractivity contribution in [2.45, 2.75) is 51.6 Å². The zero-order chi connectivity index (χ0) is 27.9. The molecule has 2 aromatic rings. The van der Waals surface area contributed by atoms with E-state index in [4.69, 9.17) is 9.47 Å². The highest BCUT2D eigenvalue weighted by molar-refractivity contribution is 6.28. The van der Waals surface area contributed by atoms with Crippen LogP contribution in [0.3, 0.4) is 0 Å². The highest BCUT2D eigenvalue weighted by atomic mass is 16.6. The summed E-state index contributed by atoms with van der Waals surface area (Å²) in [6.45, 7) is 6.93. The molecule has 0 aromatic heterocycles. The fourth-order valence-corrected chi connectivity index (χ4v) is 5.56. The number of imide groups is 1. The second kappa shape index (κ2) is 9.46. The van der Waals surface area contributed by atoms with Gasteiger partial charge in [-0.3, -0.25) is 9.59 Å². The summed E-state index contributed by atoms with van der Waals surface area (Å²) < 4.78 is 10.8. The van der Waals surface area contributed by atoms with Gasteiger partial charge in [0.05, 0.1) is 24.9 Å². The molecule has 0 bridgehead atoms. The Morgan fingerprint density at radius 2 is 1.68 bits per heavy atom. The molecule has 0 radical (unpaired) electrons. The van der Waals surface area contributed by atoms with Gasteiger partial charge < -0.3 is 9.47 Å². The molecule has 8 nitrogen and oxygen atoms in total. The molecule has 38 heavy (non-hydrogen) atoms. The first-order valence-corrected chi connectivity index (χ1v) is 12.4. The van der Waals surface area contributed by atoms with E-state index in [1.807, 2.05) is 6.92 Å². The average molecular weight is 512 g/mol. The Hall–Kier alpha value is -4.43. The third-order valence-corrected chi connectivity index (χ3v) is 7.12. The van der Waals surface area contributed by atoms with Gasteiger partial charge in [0.1, 0.15) is 16.8 Å². The molecule has 0 unspecified atom stereocenters. The van der Waals surface area contributed by atoms with Gasteiger partial charge in [-0.2, -0.15) is 10.5 Å². The minimum atomic E-state index is -2.03. The van der Waals surface area contributed by atoms with Gasteiger partial charge in [0.25, 0.3) is 5.91 Å². The van der Waals surface area contributed by atoms with Crippen molar-refractivity contribution in [3.8, 4) is 17.9 Å². The number of allylic oxidation sites excluding steroid dienone is 1. The summed E-state index contributed by atoms with van der Waals surface area (Å²) in [5.41, 5.74) is -4.20. The van der Waals surface area contributed by atoms with E-state index in [1.54, 1.807) is 75.4 Å². The molecule has 1 spiro atoms. The summed E-state index contributed by atoms with van der Waals surface area (Å²) in [5, 5.41) is 21.2. The molecule has 0 fully saturated rings. The van der Waals surface area contributed by atoms with Crippen molar-refractivity contribution in [1.29, 1.82) is 10.5 Å². The number of Topliss-reactive ketones (excluding diaryl/α,β-unsaturated/α-hetero) is 1. The van der Waals surface area contributed by atoms with Crippen LogP contribution < -0.4 is 9.64 Å². The van der Waals surface area contributed by atoms with Crippen LogP contribution in [0, 0.1) is 34.0 Å². The standard InChI is InChI=1S/C30H29N3O5/c1-6-9-20-16-23(25(34)19-12-14-21(37-5)15-13-19)30(29(20,17-31)18-32)22-10-7-8-11-24(22)33(26(30)35)27(36)38-28(2,3)4/h7-8,10-16,20H,6,9H2,1-5H3/t20-,30+/m0/s1. The third kappa shape index (κ3) is 3.68. The van der Waals surface area contributed by atoms with Gasteiger partial charge in [0.15, 0.2) is 11.2 Å². The van der Waals surface area contributed by atoms with Gasteiger partial charge >= 0.3 is 6.09 Å². The topological polar surface area (TPSA) is 120 Å². The lowest BCUT2D eigenvalue weighted by Crippen LogP contribution is -2.55. The van der Waals surface area contributed by atoms with E-state index < -0.39 is 40.1 Å². The Bertz CT molecular complexity index is 1410. The number of ketones is 1. The molecule has 2 atom stereocenters. The number of hydrogen-bond acceptors (Lipinski definition) is 7. The van der Waals surface area contributed by atoms with E-state index in [0.29, 0.717) is 18.6 Å². The predicted octanol–water partition coefficient (Wildman–Crippen LogP) is 5.49. The zero-order valence-corrected chi connectivity index (χ0v) is 22.1. The summed E-state index contributed by atoms with van der Waals surface area (Å²) in [7, 11) is 1.51. The number of nitriles is 2. The highest BCUT2D eigenvalue weighted by Gasteiger charge is 2.73. The van der Waals surface area contributed by atoms with E-state index in [1.165, 1.54) is 7.11 Å². The number of rotatable bonds is 5. The Labute approximate surface area is 222 Å². The van der Waals surface area contributed by atoms with Crippen LogP contribution in [0.2, 0.25) is 0 Å². The monoisotopic (exact) mass is 511 g/mol. The van der Waals surface area contributed by atoms with Crippen molar-refractivity contribution < 1.29 is 23.9 Å². The number of methoxy groups -OCH3 is 1. The van der Waals surface area contributed by atoms with Crippen LogP contribution in [0.25, 0.3) is 0 Å². The fourth-order valence-electron chi connectivity index (χ4n) is 5.56. The van der Waals surface area contributed by atoms with Crippen molar-refractivity contribution in [1.82, 2.24) is 0 Å². The molecular formula is C30H29N3O5. The quantitative estimate of drug-likeness (QED) is 0.487. The predicted molar refractivity (Wildman–Crippen MR) is 139 cm³/mol. The van der Waals surface area contributed by atoms with Crippen molar-refractivity contribution >= 4 is 23.5 Å². The van der Waals surface area contributed by atoms with Crippen molar-refractivity contribution in [3.05, 3.63) is 71.3 Å². The fraction of sp³-hybridized carbons (Fsp3) is 0.367. The molecule has 194 valence electrons. The molecule has 4 rings (SSSR count). The van der Waals surface area contributed by atoms with Crippen LogP contribution in [-0.4, -0.2) is 30.5 Å². The third-order valence-electron chi connectivity index (χ3n) is 7.12. The Morgan fingerprint density at radius 1 is 1.05 bits per heavy atom. The number of carbonyl (C=O) groups is 3. The number of ether oxygens (including phenoxy) is 2. The maximum Gasteiger partial charge on any atom is 0.421 e. The number of carbonyl (C=O) groups excluding carboxylic acids is 3. The number of amides is 2. The van der Waals surface area contributed by atoms with Crippen LogP contribution >= 0.6 is 0 Å². The largest absolute Gasteiger partial charge is 0.497 e. The number of hydrogen-bond donors (Lipinski definition) is 0. The van der Waals surface area contributed by atoms with Crippen LogP contribution in [0.1, 0.15) is 56.5 Å². The Morgan fingerprint density at radius 3 is 2.24 bits per heavy atom. The van der Waals surface area contributed by atoms with Crippen LogP contribution in [0.5, 0.6) is 5.75 Å². The number of fused-ring (bicyclic) bond motifs is 2. The lowest BCUT2D eigenvalue weighted by molar-refractivity contribution is -0.123. The van der Waals surface area contributed by atoms with E-state index in [9.17, 15) is 24.9 Å².